The molecule has 0 N–H and O–H groups in total. The number of hydrogen-bond donors (Lipinski definition) is 0. The summed E-state index contributed by atoms with van der Waals surface area (Å²) in [6.07, 6.45) is 3.54. The van der Waals surface area contributed by atoms with E-state index in [9.17, 15) is 18.5 Å². The second kappa shape index (κ2) is 8.79. The quantitative estimate of drug-likeness (QED) is 0.511. The van der Waals surface area contributed by atoms with E-state index in [4.69, 9.17) is 9.47 Å². The molecule has 1 aliphatic heterocycles. The average molecular weight is 420 g/mol. The van der Waals surface area contributed by atoms with Crippen molar-refractivity contribution < 1.29 is 22.8 Å². The molecule has 3 rings (SSSR count). The fraction of sp³-hybridized carbons (Fsp3) is 0.400. The Kier molecular flexibility index (Phi) is 6.39. The molecule has 1 saturated heterocycles. The highest BCUT2D eigenvalue weighted by Crippen LogP contribution is 2.38. The summed E-state index contributed by atoms with van der Waals surface area (Å²) in [5.74, 6) is 0.692. The molecule has 1 heterocycles. The fourth-order valence-corrected chi connectivity index (χ4v) is 4.83. The summed E-state index contributed by atoms with van der Waals surface area (Å²) in [5.41, 5.74) is 0.533. The van der Waals surface area contributed by atoms with Crippen LogP contribution in [0.3, 0.4) is 0 Å². The molecule has 9 heteroatoms. The molecule has 156 valence electrons. The van der Waals surface area contributed by atoms with Crippen LogP contribution in [0.2, 0.25) is 0 Å². The van der Waals surface area contributed by atoms with Gasteiger partial charge in [-0.05, 0) is 49.6 Å². The molecule has 0 unspecified atom stereocenters. The van der Waals surface area contributed by atoms with Crippen LogP contribution in [0.1, 0.15) is 31.2 Å². The Balaban J connectivity index is 1.96. The van der Waals surface area contributed by atoms with Gasteiger partial charge in [0.25, 0.3) is 0 Å². The highest BCUT2D eigenvalue weighted by atomic mass is 32.2. The van der Waals surface area contributed by atoms with E-state index in [2.05, 4.69) is 0 Å². The van der Waals surface area contributed by atoms with E-state index in [0.29, 0.717) is 24.6 Å². The molecule has 0 amide bonds. The van der Waals surface area contributed by atoms with Gasteiger partial charge in [0, 0.05) is 19.2 Å². The maximum absolute atomic E-state index is 13.0. The van der Waals surface area contributed by atoms with E-state index in [0.717, 1.165) is 37.3 Å². The minimum absolute atomic E-state index is 0.0491. The summed E-state index contributed by atoms with van der Waals surface area (Å²) < 4.78 is 38.3. The molecule has 0 atom stereocenters. The van der Waals surface area contributed by atoms with Gasteiger partial charge in [-0.25, -0.2) is 8.42 Å². The Morgan fingerprint density at radius 2 is 1.62 bits per heavy atom. The van der Waals surface area contributed by atoms with Gasteiger partial charge in [-0.2, -0.15) is 4.31 Å². The third-order valence-electron chi connectivity index (χ3n) is 4.87. The van der Waals surface area contributed by atoms with Gasteiger partial charge in [-0.15, -0.1) is 0 Å². The predicted molar refractivity (Wildman–Crippen MR) is 108 cm³/mol. The first-order chi connectivity index (χ1) is 13.8. The van der Waals surface area contributed by atoms with Crippen LogP contribution in [-0.4, -0.2) is 37.8 Å². The molecule has 1 fully saturated rings. The van der Waals surface area contributed by atoms with Crippen LogP contribution in [0.25, 0.3) is 0 Å². The van der Waals surface area contributed by atoms with Gasteiger partial charge >= 0.3 is 5.69 Å². The lowest BCUT2D eigenvalue weighted by Gasteiger charge is -2.20. The van der Waals surface area contributed by atoms with Crippen molar-refractivity contribution in [2.45, 2.75) is 37.5 Å². The summed E-state index contributed by atoms with van der Waals surface area (Å²) in [6.45, 7) is 2.74. The maximum Gasteiger partial charge on any atom is 0.312 e. The number of rotatable bonds is 6. The first-order valence-electron chi connectivity index (χ1n) is 9.44. The first kappa shape index (κ1) is 21.1. The monoisotopic (exact) mass is 420 g/mol. The largest absolute Gasteiger partial charge is 0.493 e. The molecule has 0 aromatic heterocycles. The Morgan fingerprint density at radius 1 is 0.966 bits per heavy atom. The fourth-order valence-electron chi connectivity index (χ4n) is 3.30. The Hall–Kier alpha value is -2.65. The smallest absolute Gasteiger partial charge is 0.312 e. The number of nitro benzene ring substituents is 1. The Bertz CT molecular complexity index is 998. The number of benzene rings is 2. The van der Waals surface area contributed by atoms with Gasteiger partial charge < -0.3 is 9.47 Å². The summed E-state index contributed by atoms with van der Waals surface area (Å²) in [7, 11) is -2.32. The van der Waals surface area contributed by atoms with Crippen molar-refractivity contribution in [2.75, 3.05) is 20.2 Å². The Morgan fingerprint density at radius 3 is 2.24 bits per heavy atom. The number of nitrogens with zero attached hydrogens (tertiary/aromatic N) is 2. The second-order valence-electron chi connectivity index (χ2n) is 6.96. The van der Waals surface area contributed by atoms with Crippen molar-refractivity contribution in [1.82, 2.24) is 4.31 Å². The number of sulfonamides is 1. The van der Waals surface area contributed by atoms with Crippen LogP contribution in [0.4, 0.5) is 5.69 Å². The van der Waals surface area contributed by atoms with E-state index < -0.39 is 20.6 Å². The molecular weight excluding hydrogens is 396 g/mol. The van der Waals surface area contributed by atoms with E-state index in [1.165, 1.54) is 23.5 Å². The lowest BCUT2D eigenvalue weighted by molar-refractivity contribution is -0.385. The molecule has 0 saturated carbocycles. The highest BCUT2D eigenvalue weighted by Gasteiger charge is 2.28. The number of methoxy groups -OCH3 is 1. The summed E-state index contributed by atoms with van der Waals surface area (Å²) in [4.78, 5) is 10.9. The van der Waals surface area contributed by atoms with Gasteiger partial charge in [0.1, 0.15) is 0 Å². The molecule has 0 aliphatic carbocycles. The van der Waals surface area contributed by atoms with Crippen LogP contribution in [0.15, 0.2) is 41.3 Å². The number of nitro groups is 1. The lowest BCUT2D eigenvalue weighted by atomic mass is 10.2. The summed E-state index contributed by atoms with van der Waals surface area (Å²) in [6, 6.07) is 8.93. The van der Waals surface area contributed by atoms with E-state index in [-0.39, 0.29) is 10.6 Å². The standard InChI is InChI=1S/C20H24N2O6S/c1-15-7-9-19(20(13-15)27-2)28-18-10-8-16(14-17(18)22(23)24)29(25,26)21-11-5-3-4-6-12-21/h7-10,13-14H,3-6,11-12H2,1-2H3. The number of hydrogen-bond acceptors (Lipinski definition) is 6. The average Bonchev–Trinajstić information content (AvgIpc) is 2.99. The lowest BCUT2D eigenvalue weighted by Crippen LogP contribution is -2.31. The molecule has 8 nitrogen and oxygen atoms in total. The van der Waals surface area contributed by atoms with Crippen molar-refractivity contribution in [3.05, 3.63) is 52.1 Å². The van der Waals surface area contributed by atoms with Crippen molar-refractivity contribution in [3.8, 4) is 17.2 Å². The molecule has 2 aromatic carbocycles. The number of aryl methyl sites for hydroxylation is 1. The van der Waals surface area contributed by atoms with Crippen LogP contribution >= 0.6 is 0 Å². The van der Waals surface area contributed by atoms with Gasteiger partial charge in [0.15, 0.2) is 11.5 Å². The molecule has 29 heavy (non-hydrogen) atoms. The second-order valence-corrected chi connectivity index (χ2v) is 8.90. The normalized spacial score (nSPS) is 15.5. The first-order valence-corrected chi connectivity index (χ1v) is 10.9. The SMILES string of the molecule is COc1cc(C)ccc1Oc1ccc(S(=O)(=O)N2CCCCCC2)cc1[N+](=O)[O-]. The minimum Gasteiger partial charge on any atom is -0.493 e. The van der Waals surface area contributed by atoms with E-state index >= 15 is 0 Å². The van der Waals surface area contributed by atoms with Gasteiger partial charge in [0.2, 0.25) is 15.8 Å². The van der Waals surface area contributed by atoms with Gasteiger partial charge in [0.05, 0.1) is 16.9 Å². The van der Waals surface area contributed by atoms with Crippen molar-refractivity contribution >= 4 is 15.7 Å². The summed E-state index contributed by atoms with van der Waals surface area (Å²) in [5, 5.41) is 11.6. The molecule has 1 aliphatic rings. The molecule has 0 bridgehead atoms. The van der Waals surface area contributed by atoms with Gasteiger partial charge in [-0.1, -0.05) is 18.9 Å². The van der Waals surface area contributed by atoms with Gasteiger partial charge in [-0.3, -0.25) is 10.1 Å². The molecule has 2 aromatic rings. The summed E-state index contributed by atoms with van der Waals surface area (Å²) >= 11 is 0. The topological polar surface area (TPSA) is 99.0 Å². The molecular formula is C20H24N2O6S. The maximum atomic E-state index is 13.0. The highest BCUT2D eigenvalue weighted by molar-refractivity contribution is 7.89. The molecule has 0 radical (unpaired) electrons. The minimum atomic E-state index is -3.80. The zero-order valence-corrected chi connectivity index (χ0v) is 17.3. The number of ether oxygens (including phenoxy) is 2. The third kappa shape index (κ3) is 4.68. The van der Waals surface area contributed by atoms with E-state index in [1.54, 1.807) is 18.2 Å². The van der Waals surface area contributed by atoms with Crippen LogP contribution < -0.4 is 9.47 Å². The van der Waals surface area contributed by atoms with Crippen molar-refractivity contribution in [3.63, 3.8) is 0 Å². The predicted octanol–water partition coefficient (Wildman–Crippen LogP) is 4.27. The van der Waals surface area contributed by atoms with Crippen LogP contribution in [0.5, 0.6) is 17.2 Å². The van der Waals surface area contributed by atoms with E-state index in [1.807, 2.05) is 6.92 Å². The molecule has 0 spiro atoms. The van der Waals surface area contributed by atoms with Crippen LogP contribution in [-0.2, 0) is 10.0 Å². The zero-order valence-electron chi connectivity index (χ0n) is 16.5. The zero-order chi connectivity index (χ0) is 21.0. The third-order valence-corrected chi connectivity index (χ3v) is 6.76. The van der Waals surface area contributed by atoms with Crippen molar-refractivity contribution in [2.24, 2.45) is 0 Å². The van der Waals surface area contributed by atoms with Crippen LogP contribution in [0, 0.1) is 17.0 Å². The Labute approximate surface area is 170 Å². The van der Waals surface area contributed by atoms with Crippen molar-refractivity contribution in [1.29, 1.82) is 0 Å².